The molecule has 3 atom stereocenters. The summed E-state index contributed by atoms with van der Waals surface area (Å²) in [7, 11) is -3.20. The van der Waals surface area contributed by atoms with Gasteiger partial charge in [-0.2, -0.15) is 0 Å². The van der Waals surface area contributed by atoms with Crippen LogP contribution in [0.5, 0.6) is 0 Å². The summed E-state index contributed by atoms with van der Waals surface area (Å²) in [5, 5.41) is 9.96. The molecule has 1 saturated carbocycles. The Morgan fingerprint density at radius 1 is 1.27 bits per heavy atom. The second kappa shape index (κ2) is 9.34. The molecule has 3 unspecified atom stereocenters. The summed E-state index contributed by atoms with van der Waals surface area (Å²) < 4.78 is 24.6. The Morgan fingerprint density at radius 2 is 1.96 bits per heavy atom. The van der Waals surface area contributed by atoms with Crippen LogP contribution in [-0.4, -0.2) is 36.0 Å². The van der Waals surface area contributed by atoms with Crippen LogP contribution in [0.2, 0.25) is 0 Å². The van der Waals surface area contributed by atoms with E-state index in [0.717, 1.165) is 25.7 Å². The van der Waals surface area contributed by atoms with Gasteiger partial charge in [-0.05, 0) is 24.8 Å². The normalized spacial score (nSPS) is 23.5. The predicted molar refractivity (Wildman–Crippen MR) is 102 cm³/mol. The minimum absolute atomic E-state index is 0. The van der Waals surface area contributed by atoms with Gasteiger partial charge in [0.05, 0.1) is 17.8 Å². The Morgan fingerprint density at radius 3 is 2.65 bits per heavy atom. The number of cyclic esters (lactones) is 1. The molecule has 0 radical (unpaired) electrons. The van der Waals surface area contributed by atoms with Gasteiger partial charge in [0.25, 0.3) is 0 Å². The van der Waals surface area contributed by atoms with Crippen molar-refractivity contribution >= 4 is 25.7 Å². The fourth-order valence-electron chi connectivity index (χ4n) is 3.68. The van der Waals surface area contributed by atoms with Crippen molar-refractivity contribution < 1.29 is 23.7 Å². The molecule has 146 valence electrons. The van der Waals surface area contributed by atoms with Crippen molar-refractivity contribution in [3.05, 3.63) is 35.4 Å². The molecule has 0 bridgehead atoms. The maximum atomic E-state index is 13.5. The van der Waals surface area contributed by atoms with Crippen LogP contribution in [0.4, 0.5) is 0 Å². The number of hydrogen-bond donors (Lipinski definition) is 2. The van der Waals surface area contributed by atoms with E-state index in [1.807, 2.05) is 0 Å². The van der Waals surface area contributed by atoms with Crippen molar-refractivity contribution in [1.82, 2.24) is 0 Å². The Balaban J connectivity index is 0.00000243. The molecule has 2 aliphatic rings. The highest BCUT2D eigenvalue weighted by molar-refractivity contribution is 7.59. The van der Waals surface area contributed by atoms with Gasteiger partial charge in [0, 0.05) is 18.3 Å². The van der Waals surface area contributed by atoms with Crippen LogP contribution in [0.25, 0.3) is 0 Å². The molecule has 6 nitrogen and oxygen atoms in total. The quantitative estimate of drug-likeness (QED) is 0.534. The van der Waals surface area contributed by atoms with Gasteiger partial charge in [-0.25, -0.2) is 4.79 Å². The molecule has 8 heteroatoms. The second-order valence-electron chi connectivity index (χ2n) is 7.00. The molecule has 0 amide bonds. The number of aliphatic hydroxyl groups excluding tert-OH is 1. The number of esters is 1. The number of carbonyl (C=O) groups excluding carboxylic acids is 1. The molecular formula is C18H27ClNO5P. The van der Waals surface area contributed by atoms with Crippen molar-refractivity contribution in [2.45, 2.75) is 44.5 Å². The number of fused-ring (bicyclic) bond motifs is 1. The summed E-state index contributed by atoms with van der Waals surface area (Å²) in [5.74, 6) is -0.152. The van der Waals surface area contributed by atoms with Gasteiger partial charge in [-0.15, -0.1) is 12.4 Å². The third-order valence-electron chi connectivity index (χ3n) is 4.96. The summed E-state index contributed by atoms with van der Waals surface area (Å²) in [5.41, 5.74) is 6.54. The first-order chi connectivity index (χ1) is 12.0. The van der Waals surface area contributed by atoms with E-state index in [9.17, 15) is 14.5 Å². The van der Waals surface area contributed by atoms with Gasteiger partial charge in [0.1, 0.15) is 0 Å². The maximum Gasteiger partial charge on any atom is 0.341 e. The SMILES string of the molecule is Cl.NCC(O)CP(=O)(CC1CCCCC1)OC1OC(=O)c2ccccc21. The molecule has 0 aromatic heterocycles. The Kier molecular flexibility index (Phi) is 7.68. The van der Waals surface area contributed by atoms with Crippen molar-refractivity contribution in [3.8, 4) is 0 Å². The molecule has 3 rings (SSSR count). The lowest BCUT2D eigenvalue weighted by Crippen LogP contribution is -2.26. The van der Waals surface area contributed by atoms with E-state index in [2.05, 4.69) is 0 Å². The minimum Gasteiger partial charge on any atom is -0.427 e. The van der Waals surface area contributed by atoms with Crippen molar-refractivity contribution in [2.75, 3.05) is 18.9 Å². The Bertz CT molecular complexity index is 665. The molecule has 26 heavy (non-hydrogen) atoms. The highest BCUT2D eigenvalue weighted by atomic mass is 35.5. The molecule has 1 heterocycles. The smallest absolute Gasteiger partial charge is 0.341 e. The number of halogens is 1. The molecule has 1 aromatic rings. The van der Waals surface area contributed by atoms with Gasteiger partial charge >= 0.3 is 5.97 Å². The Hall–Kier alpha value is -0.910. The van der Waals surface area contributed by atoms with Gasteiger partial charge in [-0.1, -0.05) is 37.5 Å². The van der Waals surface area contributed by atoms with E-state index < -0.39 is 25.7 Å². The average Bonchev–Trinajstić information content (AvgIpc) is 2.91. The topological polar surface area (TPSA) is 98.8 Å². The van der Waals surface area contributed by atoms with E-state index in [1.54, 1.807) is 24.3 Å². The number of hydrogen-bond acceptors (Lipinski definition) is 6. The number of aliphatic hydroxyl groups is 1. The summed E-state index contributed by atoms with van der Waals surface area (Å²) in [4.78, 5) is 12.0. The lowest BCUT2D eigenvalue weighted by atomic mass is 9.91. The first kappa shape index (κ1) is 21.4. The lowest BCUT2D eigenvalue weighted by Gasteiger charge is -2.29. The largest absolute Gasteiger partial charge is 0.427 e. The fourth-order valence-corrected chi connectivity index (χ4v) is 6.45. The first-order valence-corrected chi connectivity index (χ1v) is 10.9. The summed E-state index contributed by atoms with van der Waals surface area (Å²) in [6.45, 7) is 0.0268. The fraction of sp³-hybridized carbons (Fsp3) is 0.611. The Labute approximate surface area is 160 Å². The van der Waals surface area contributed by atoms with Gasteiger partial charge in [-0.3, -0.25) is 9.09 Å². The molecule has 1 aliphatic heterocycles. The van der Waals surface area contributed by atoms with Crippen LogP contribution >= 0.6 is 19.8 Å². The summed E-state index contributed by atoms with van der Waals surface area (Å²) in [6, 6.07) is 6.96. The van der Waals surface area contributed by atoms with E-state index in [0.29, 0.717) is 23.2 Å². The lowest BCUT2D eigenvalue weighted by molar-refractivity contribution is -0.0375. The number of nitrogens with two attached hydrogens (primary N) is 1. The van der Waals surface area contributed by atoms with E-state index in [1.165, 1.54) is 6.42 Å². The van der Waals surface area contributed by atoms with Gasteiger partial charge < -0.3 is 15.6 Å². The molecule has 1 fully saturated rings. The average molecular weight is 404 g/mol. The van der Waals surface area contributed by atoms with Crippen LogP contribution in [-0.2, 0) is 13.8 Å². The standard InChI is InChI=1S/C18H26NO5P.ClH/c19-10-14(20)12-25(22,11-13-6-2-1-3-7-13)24-18-16-9-5-4-8-15(16)17(21)23-18;/h4-5,8-9,13-14,18,20H,1-3,6-7,10-12,19H2;1H. The molecular weight excluding hydrogens is 377 g/mol. The summed E-state index contributed by atoms with van der Waals surface area (Å²) in [6.07, 6.45) is 4.05. The number of rotatable bonds is 7. The first-order valence-electron chi connectivity index (χ1n) is 8.95. The van der Waals surface area contributed by atoms with Crippen molar-refractivity contribution in [3.63, 3.8) is 0 Å². The molecule has 1 aliphatic carbocycles. The minimum atomic E-state index is -3.20. The van der Waals surface area contributed by atoms with E-state index in [-0.39, 0.29) is 25.1 Å². The number of carbonyl (C=O) groups is 1. The number of ether oxygens (including phenoxy) is 1. The van der Waals surface area contributed by atoms with Crippen LogP contribution < -0.4 is 5.73 Å². The van der Waals surface area contributed by atoms with Gasteiger partial charge in [0.2, 0.25) is 13.7 Å². The molecule has 3 N–H and O–H groups in total. The summed E-state index contributed by atoms with van der Waals surface area (Å²) >= 11 is 0. The van der Waals surface area contributed by atoms with Gasteiger partial charge in [0.15, 0.2) is 0 Å². The highest BCUT2D eigenvalue weighted by Gasteiger charge is 2.39. The number of benzene rings is 1. The molecule has 0 saturated heterocycles. The van der Waals surface area contributed by atoms with Crippen LogP contribution in [0.1, 0.15) is 54.3 Å². The zero-order valence-electron chi connectivity index (χ0n) is 14.7. The van der Waals surface area contributed by atoms with Crippen LogP contribution in [0, 0.1) is 5.92 Å². The van der Waals surface area contributed by atoms with E-state index in [4.69, 9.17) is 15.0 Å². The monoisotopic (exact) mass is 403 g/mol. The third-order valence-corrected chi connectivity index (χ3v) is 7.58. The van der Waals surface area contributed by atoms with Crippen LogP contribution in [0.3, 0.4) is 0 Å². The zero-order chi connectivity index (χ0) is 17.9. The van der Waals surface area contributed by atoms with Crippen molar-refractivity contribution in [2.24, 2.45) is 11.7 Å². The third kappa shape index (κ3) is 5.08. The van der Waals surface area contributed by atoms with E-state index >= 15 is 0 Å². The molecule has 0 spiro atoms. The van der Waals surface area contributed by atoms with Crippen LogP contribution in [0.15, 0.2) is 24.3 Å². The molecule has 1 aromatic carbocycles. The zero-order valence-corrected chi connectivity index (χ0v) is 16.4. The van der Waals surface area contributed by atoms with Crippen molar-refractivity contribution in [1.29, 1.82) is 0 Å². The second-order valence-corrected chi connectivity index (χ2v) is 9.57. The predicted octanol–water partition coefficient (Wildman–Crippen LogP) is 3.47. The highest BCUT2D eigenvalue weighted by Crippen LogP contribution is 2.55. The maximum absolute atomic E-state index is 13.5.